The fourth-order valence-electron chi connectivity index (χ4n) is 3.36. The van der Waals surface area contributed by atoms with Crippen LogP contribution < -0.4 is 14.4 Å². The first-order valence-corrected chi connectivity index (χ1v) is 13.3. The van der Waals surface area contributed by atoms with Gasteiger partial charge in [-0.05, 0) is 44.9 Å². The molecule has 9 heteroatoms. The molecule has 2 aromatic rings. The summed E-state index contributed by atoms with van der Waals surface area (Å²) in [6.07, 6.45) is 1.80. The molecular formula is C25H35N3O5S. The van der Waals surface area contributed by atoms with Crippen LogP contribution in [0.4, 0.5) is 5.69 Å². The minimum absolute atomic E-state index is 0.0470. The molecule has 2 amide bonds. The van der Waals surface area contributed by atoms with Crippen LogP contribution in [0.2, 0.25) is 0 Å². The number of amides is 2. The number of ether oxygens (including phenoxy) is 1. The molecule has 34 heavy (non-hydrogen) atoms. The van der Waals surface area contributed by atoms with Gasteiger partial charge in [-0.2, -0.15) is 0 Å². The van der Waals surface area contributed by atoms with E-state index >= 15 is 0 Å². The van der Waals surface area contributed by atoms with E-state index in [4.69, 9.17) is 4.74 Å². The third-order valence-corrected chi connectivity index (χ3v) is 6.60. The van der Waals surface area contributed by atoms with Gasteiger partial charge < -0.3 is 15.0 Å². The van der Waals surface area contributed by atoms with Crippen molar-refractivity contribution in [2.75, 3.05) is 23.7 Å². The van der Waals surface area contributed by atoms with E-state index < -0.39 is 28.5 Å². The number of carbonyl (C=O) groups is 2. The van der Waals surface area contributed by atoms with Crippen LogP contribution in [0.25, 0.3) is 0 Å². The first-order valence-electron chi connectivity index (χ1n) is 11.4. The number of hydrogen-bond acceptors (Lipinski definition) is 5. The van der Waals surface area contributed by atoms with Crippen molar-refractivity contribution in [3.63, 3.8) is 0 Å². The zero-order chi connectivity index (χ0) is 25.3. The second-order valence-electron chi connectivity index (χ2n) is 8.17. The van der Waals surface area contributed by atoms with Crippen molar-refractivity contribution in [1.29, 1.82) is 0 Å². The van der Waals surface area contributed by atoms with Crippen molar-refractivity contribution in [3.05, 3.63) is 60.2 Å². The van der Waals surface area contributed by atoms with Crippen LogP contribution in [-0.4, -0.2) is 56.6 Å². The summed E-state index contributed by atoms with van der Waals surface area (Å²) < 4.78 is 32.0. The van der Waals surface area contributed by atoms with Crippen LogP contribution in [0.15, 0.2) is 54.6 Å². The van der Waals surface area contributed by atoms with Crippen LogP contribution in [0.3, 0.4) is 0 Å². The van der Waals surface area contributed by atoms with E-state index in [1.807, 2.05) is 44.2 Å². The van der Waals surface area contributed by atoms with Gasteiger partial charge in [0.15, 0.2) is 0 Å². The normalized spacial score (nSPS) is 13.0. The molecule has 186 valence electrons. The van der Waals surface area contributed by atoms with Crippen molar-refractivity contribution in [2.45, 2.75) is 52.7 Å². The summed E-state index contributed by atoms with van der Waals surface area (Å²) in [6, 6.07) is 15.1. The summed E-state index contributed by atoms with van der Waals surface area (Å²) in [7, 11) is -3.82. The number of para-hydroxylation sites is 2. The molecule has 2 aromatic carbocycles. The van der Waals surface area contributed by atoms with Gasteiger partial charge >= 0.3 is 0 Å². The molecule has 0 unspecified atom stereocenters. The monoisotopic (exact) mass is 489 g/mol. The molecule has 2 rings (SSSR count). The second kappa shape index (κ2) is 12.4. The van der Waals surface area contributed by atoms with E-state index in [0.29, 0.717) is 12.4 Å². The van der Waals surface area contributed by atoms with E-state index in [2.05, 4.69) is 5.32 Å². The molecule has 0 aliphatic heterocycles. The first kappa shape index (κ1) is 27.2. The summed E-state index contributed by atoms with van der Waals surface area (Å²) >= 11 is 0. The highest BCUT2D eigenvalue weighted by molar-refractivity contribution is 7.92. The standard InChI is InChI=1S/C25H35N3O5S/c1-6-19(3)26-25(30)20(4)27(17-21-13-9-8-10-14-21)24(29)18-28(34(5,31)32)22-15-11-12-16-23(22)33-7-2/h8-16,19-20H,6-7,17-18H2,1-5H3,(H,26,30)/t19-,20-/m1/s1. The maximum absolute atomic E-state index is 13.5. The Kier molecular flexibility index (Phi) is 9.92. The number of nitrogens with zero attached hydrogens (tertiary/aromatic N) is 2. The Morgan fingerprint density at radius 2 is 1.62 bits per heavy atom. The zero-order valence-corrected chi connectivity index (χ0v) is 21.3. The Morgan fingerprint density at radius 3 is 2.21 bits per heavy atom. The average molecular weight is 490 g/mol. The van der Waals surface area contributed by atoms with Crippen LogP contribution >= 0.6 is 0 Å². The molecule has 0 saturated heterocycles. The molecule has 2 atom stereocenters. The molecule has 0 aromatic heterocycles. The topological polar surface area (TPSA) is 96.0 Å². The van der Waals surface area contributed by atoms with E-state index in [0.717, 1.165) is 22.5 Å². The van der Waals surface area contributed by atoms with E-state index in [1.165, 1.54) is 4.90 Å². The quantitative estimate of drug-likeness (QED) is 0.494. The van der Waals surface area contributed by atoms with Crippen molar-refractivity contribution in [3.8, 4) is 5.75 Å². The maximum Gasteiger partial charge on any atom is 0.244 e. The van der Waals surface area contributed by atoms with Gasteiger partial charge in [0.2, 0.25) is 21.8 Å². The summed E-state index contributed by atoms with van der Waals surface area (Å²) in [4.78, 5) is 27.8. The van der Waals surface area contributed by atoms with Crippen LogP contribution in [0.1, 0.15) is 39.7 Å². The summed E-state index contributed by atoms with van der Waals surface area (Å²) in [5.41, 5.74) is 1.11. The van der Waals surface area contributed by atoms with E-state index in [9.17, 15) is 18.0 Å². The van der Waals surface area contributed by atoms with Gasteiger partial charge in [-0.3, -0.25) is 13.9 Å². The predicted octanol–water partition coefficient (Wildman–Crippen LogP) is 3.18. The highest BCUT2D eigenvalue weighted by atomic mass is 32.2. The van der Waals surface area contributed by atoms with Gasteiger partial charge in [-0.15, -0.1) is 0 Å². The number of hydrogen-bond donors (Lipinski definition) is 1. The maximum atomic E-state index is 13.5. The third-order valence-electron chi connectivity index (χ3n) is 5.48. The smallest absolute Gasteiger partial charge is 0.244 e. The van der Waals surface area contributed by atoms with E-state index in [1.54, 1.807) is 38.1 Å². The van der Waals surface area contributed by atoms with Crippen LogP contribution in [-0.2, 0) is 26.2 Å². The highest BCUT2D eigenvalue weighted by Gasteiger charge is 2.31. The third kappa shape index (κ3) is 7.48. The number of sulfonamides is 1. The lowest BCUT2D eigenvalue weighted by Crippen LogP contribution is -2.52. The molecule has 0 radical (unpaired) electrons. The van der Waals surface area contributed by atoms with E-state index in [-0.39, 0.29) is 24.2 Å². The Bertz CT molecular complexity index is 1060. The lowest BCUT2D eigenvalue weighted by molar-refractivity contribution is -0.139. The Balaban J connectivity index is 2.40. The predicted molar refractivity (Wildman–Crippen MR) is 134 cm³/mol. The zero-order valence-electron chi connectivity index (χ0n) is 20.5. The Hall–Kier alpha value is -3.07. The number of benzene rings is 2. The number of rotatable bonds is 12. The molecule has 0 fully saturated rings. The molecule has 0 bridgehead atoms. The lowest BCUT2D eigenvalue weighted by atomic mass is 10.1. The largest absolute Gasteiger partial charge is 0.492 e. The van der Waals surface area contributed by atoms with Gasteiger partial charge in [-0.1, -0.05) is 49.4 Å². The van der Waals surface area contributed by atoms with Gasteiger partial charge in [-0.25, -0.2) is 8.42 Å². The summed E-state index contributed by atoms with van der Waals surface area (Å²) in [5, 5.41) is 2.91. The first-order chi connectivity index (χ1) is 16.1. The molecule has 0 saturated carbocycles. The van der Waals surface area contributed by atoms with Gasteiger partial charge in [0.05, 0.1) is 18.6 Å². The minimum Gasteiger partial charge on any atom is -0.492 e. The number of nitrogens with one attached hydrogen (secondary N) is 1. The lowest BCUT2D eigenvalue weighted by Gasteiger charge is -2.32. The summed E-state index contributed by atoms with van der Waals surface area (Å²) in [6.45, 7) is 7.35. The van der Waals surface area contributed by atoms with Crippen molar-refractivity contribution < 1.29 is 22.7 Å². The van der Waals surface area contributed by atoms with Gasteiger partial charge in [0.1, 0.15) is 18.3 Å². The van der Waals surface area contributed by atoms with Gasteiger partial charge in [0, 0.05) is 12.6 Å². The Labute approximate surface area is 202 Å². The number of carbonyl (C=O) groups excluding carboxylic acids is 2. The summed E-state index contributed by atoms with van der Waals surface area (Å²) in [5.74, 6) is -0.424. The average Bonchev–Trinajstić information content (AvgIpc) is 2.81. The molecule has 0 aliphatic rings. The van der Waals surface area contributed by atoms with Crippen LogP contribution in [0, 0.1) is 0 Å². The second-order valence-corrected chi connectivity index (χ2v) is 10.1. The highest BCUT2D eigenvalue weighted by Crippen LogP contribution is 2.30. The fourth-order valence-corrected chi connectivity index (χ4v) is 4.22. The number of anilines is 1. The van der Waals surface area contributed by atoms with Gasteiger partial charge in [0.25, 0.3) is 0 Å². The molecule has 0 heterocycles. The van der Waals surface area contributed by atoms with Crippen LogP contribution in [0.5, 0.6) is 5.75 Å². The molecular weight excluding hydrogens is 454 g/mol. The van der Waals surface area contributed by atoms with Crippen molar-refractivity contribution >= 4 is 27.5 Å². The van der Waals surface area contributed by atoms with Crippen molar-refractivity contribution in [1.82, 2.24) is 10.2 Å². The minimum atomic E-state index is -3.82. The fraction of sp³-hybridized carbons (Fsp3) is 0.440. The SMILES string of the molecule is CCOc1ccccc1N(CC(=O)N(Cc1ccccc1)[C@H](C)C(=O)N[C@H](C)CC)S(C)(=O)=O. The molecule has 8 nitrogen and oxygen atoms in total. The molecule has 1 N–H and O–H groups in total. The van der Waals surface area contributed by atoms with Crippen molar-refractivity contribution in [2.24, 2.45) is 0 Å². The Morgan fingerprint density at radius 1 is 1.00 bits per heavy atom. The molecule has 0 aliphatic carbocycles. The molecule has 0 spiro atoms.